The second-order valence-electron chi connectivity index (χ2n) is 12.8. The minimum Gasteiger partial charge on any atom is -0.456 e. The van der Waals surface area contributed by atoms with E-state index in [0.29, 0.717) is 5.82 Å². The van der Waals surface area contributed by atoms with E-state index in [0.717, 1.165) is 94.1 Å². The molecule has 0 N–H and O–H groups in total. The lowest BCUT2D eigenvalue weighted by atomic mass is 9.89. The van der Waals surface area contributed by atoms with Gasteiger partial charge in [0.1, 0.15) is 11.2 Å². The third kappa shape index (κ3) is 4.96. The van der Waals surface area contributed by atoms with Gasteiger partial charge in [-0.2, -0.15) is 0 Å². The topological polar surface area (TPSA) is 51.8 Å². The summed E-state index contributed by atoms with van der Waals surface area (Å²) in [5, 5.41) is 5.46. The number of para-hydroxylation sites is 2. The molecule has 238 valence electrons. The summed E-state index contributed by atoms with van der Waals surface area (Å²) in [6.45, 7) is 0. The maximum atomic E-state index is 6.62. The fourth-order valence-corrected chi connectivity index (χ4v) is 7.32. The minimum atomic E-state index is 0.690. The Kier molecular flexibility index (Phi) is 6.78. The molecular weight excluding hydrogens is 623 g/mol. The van der Waals surface area contributed by atoms with Crippen molar-refractivity contribution in [3.63, 3.8) is 0 Å². The Bertz CT molecular complexity index is 2840. The Morgan fingerprint density at radius 1 is 0.353 bits per heavy atom. The highest BCUT2D eigenvalue weighted by molar-refractivity contribution is 6.27. The zero-order valence-electron chi connectivity index (χ0n) is 27.5. The first-order chi connectivity index (χ1) is 25.3. The molecule has 0 unspecified atom stereocenters. The number of rotatable bonds is 5. The molecule has 3 heterocycles. The lowest BCUT2D eigenvalue weighted by molar-refractivity contribution is 0.669. The molecule has 10 aromatic rings. The molecule has 0 atom stereocenters. The normalized spacial score (nSPS) is 11.5. The molecule has 0 aliphatic rings. The Labute approximate surface area is 294 Å². The van der Waals surface area contributed by atoms with Crippen molar-refractivity contribution in [1.29, 1.82) is 0 Å². The summed E-state index contributed by atoms with van der Waals surface area (Å²) < 4.78 is 6.62. The predicted molar refractivity (Wildman–Crippen MR) is 209 cm³/mol. The monoisotopic (exact) mass is 651 g/mol. The Balaban J connectivity index is 1.29. The van der Waals surface area contributed by atoms with Crippen molar-refractivity contribution < 1.29 is 4.42 Å². The highest BCUT2D eigenvalue weighted by atomic mass is 16.3. The van der Waals surface area contributed by atoms with Crippen LogP contribution in [0.3, 0.4) is 0 Å². The van der Waals surface area contributed by atoms with Gasteiger partial charge in [-0.1, -0.05) is 146 Å². The molecule has 0 saturated carbocycles. The molecule has 0 saturated heterocycles. The van der Waals surface area contributed by atoms with Crippen LogP contribution in [0.4, 0.5) is 0 Å². The summed E-state index contributed by atoms with van der Waals surface area (Å²) in [7, 11) is 0. The van der Waals surface area contributed by atoms with Crippen LogP contribution in [0.25, 0.3) is 99.9 Å². The standard InChI is InChI=1S/C47H29N3O/c1-4-15-30(16-5-1)39-29-40(50-47(49-39)32-19-8-3-9-20-32)33-21-14-22-34(27-33)43-44-35-23-10-12-25-38(35)48-46(31-17-6-2-7-18-31)37(44)28-42-45(43)36-24-11-13-26-41(36)51-42/h1-29H. The van der Waals surface area contributed by atoms with E-state index in [9.17, 15) is 0 Å². The van der Waals surface area contributed by atoms with E-state index in [1.165, 1.54) is 0 Å². The first-order valence-corrected chi connectivity index (χ1v) is 17.1. The molecule has 51 heavy (non-hydrogen) atoms. The average molecular weight is 652 g/mol. The van der Waals surface area contributed by atoms with Gasteiger partial charge in [0.05, 0.1) is 22.6 Å². The molecule has 0 radical (unpaired) electrons. The maximum absolute atomic E-state index is 6.62. The molecule has 0 bridgehead atoms. The SMILES string of the molecule is c1ccc(-c2cc(-c3cccc(-c4c5c(cc6c(-c7ccccc7)nc7ccccc7c46)oc4ccccc45)c3)nc(-c3ccccc3)n2)cc1. The van der Waals surface area contributed by atoms with Gasteiger partial charge in [-0.05, 0) is 35.9 Å². The van der Waals surface area contributed by atoms with Gasteiger partial charge in [-0.25, -0.2) is 15.0 Å². The molecule has 4 nitrogen and oxygen atoms in total. The summed E-state index contributed by atoms with van der Waals surface area (Å²) in [5.41, 5.74) is 11.6. The third-order valence-corrected chi connectivity index (χ3v) is 9.65. The van der Waals surface area contributed by atoms with E-state index in [2.05, 4.69) is 121 Å². The third-order valence-electron chi connectivity index (χ3n) is 9.65. The van der Waals surface area contributed by atoms with Crippen LogP contribution in [0.1, 0.15) is 0 Å². The Morgan fingerprint density at radius 3 is 1.71 bits per heavy atom. The van der Waals surface area contributed by atoms with Gasteiger partial charge >= 0.3 is 0 Å². The number of nitrogens with zero attached hydrogens (tertiary/aromatic N) is 3. The second-order valence-corrected chi connectivity index (χ2v) is 12.8. The van der Waals surface area contributed by atoms with E-state index < -0.39 is 0 Å². The molecule has 0 aliphatic heterocycles. The van der Waals surface area contributed by atoms with Crippen molar-refractivity contribution in [1.82, 2.24) is 15.0 Å². The smallest absolute Gasteiger partial charge is 0.160 e. The van der Waals surface area contributed by atoms with Crippen molar-refractivity contribution in [2.45, 2.75) is 0 Å². The highest BCUT2D eigenvalue weighted by Gasteiger charge is 2.22. The lowest BCUT2D eigenvalue weighted by Gasteiger charge is -2.16. The van der Waals surface area contributed by atoms with E-state index in [4.69, 9.17) is 19.4 Å². The van der Waals surface area contributed by atoms with Crippen molar-refractivity contribution in [3.05, 3.63) is 176 Å². The maximum Gasteiger partial charge on any atom is 0.160 e. The summed E-state index contributed by atoms with van der Waals surface area (Å²) in [5.74, 6) is 0.690. The molecule has 7 aromatic carbocycles. The molecule has 4 heteroatoms. The first kappa shape index (κ1) is 29.0. The van der Waals surface area contributed by atoms with E-state index in [-0.39, 0.29) is 0 Å². The van der Waals surface area contributed by atoms with Crippen LogP contribution in [0.15, 0.2) is 180 Å². The van der Waals surface area contributed by atoms with Crippen molar-refractivity contribution in [3.8, 4) is 56.3 Å². The lowest BCUT2D eigenvalue weighted by Crippen LogP contribution is -1.96. The summed E-state index contributed by atoms with van der Waals surface area (Å²) >= 11 is 0. The number of aromatic nitrogens is 3. The van der Waals surface area contributed by atoms with Crippen molar-refractivity contribution >= 4 is 43.6 Å². The fourth-order valence-electron chi connectivity index (χ4n) is 7.32. The van der Waals surface area contributed by atoms with Gasteiger partial charge < -0.3 is 4.42 Å². The van der Waals surface area contributed by atoms with Crippen LogP contribution < -0.4 is 0 Å². The van der Waals surface area contributed by atoms with Crippen LogP contribution in [0, 0.1) is 0 Å². The van der Waals surface area contributed by atoms with Crippen molar-refractivity contribution in [2.24, 2.45) is 0 Å². The van der Waals surface area contributed by atoms with Gasteiger partial charge in [0, 0.05) is 54.7 Å². The van der Waals surface area contributed by atoms with Crippen LogP contribution in [-0.2, 0) is 0 Å². The Morgan fingerprint density at radius 2 is 0.941 bits per heavy atom. The zero-order valence-corrected chi connectivity index (χ0v) is 27.5. The van der Waals surface area contributed by atoms with E-state index >= 15 is 0 Å². The number of benzene rings is 7. The minimum absolute atomic E-state index is 0.690. The number of furan rings is 1. The van der Waals surface area contributed by atoms with Gasteiger partial charge in [0.15, 0.2) is 5.82 Å². The van der Waals surface area contributed by atoms with Crippen LogP contribution in [-0.4, -0.2) is 15.0 Å². The summed E-state index contributed by atoms with van der Waals surface area (Å²) in [6, 6.07) is 60.7. The Hall–Kier alpha value is -6.91. The fraction of sp³-hybridized carbons (Fsp3) is 0. The molecule has 0 fully saturated rings. The zero-order chi connectivity index (χ0) is 33.7. The molecule has 10 rings (SSSR count). The van der Waals surface area contributed by atoms with E-state index in [1.54, 1.807) is 0 Å². The highest BCUT2D eigenvalue weighted by Crippen LogP contribution is 2.46. The predicted octanol–water partition coefficient (Wildman–Crippen LogP) is 12.4. The number of hydrogen-bond acceptors (Lipinski definition) is 4. The average Bonchev–Trinajstić information content (AvgIpc) is 3.59. The number of fused-ring (bicyclic) bond motifs is 6. The van der Waals surface area contributed by atoms with Crippen LogP contribution in [0.2, 0.25) is 0 Å². The molecule has 0 amide bonds. The molecular formula is C47H29N3O. The molecule has 0 spiro atoms. The molecule has 3 aromatic heterocycles. The van der Waals surface area contributed by atoms with Gasteiger partial charge in [0.2, 0.25) is 0 Å². The van der Waals surface area contributed by atoms with Crippen molar-refractivity contribution in [2.75, 3.05) is 0 Å². The number of pyridine rings is 1. The van der Waals surface area contributed by atoms with Gasteiger partial charge in [-0.15, -0.1) is 0 Å². The largest absolute Gasteiger partial charge is 0.456 e. The van der Waals surface area contributed by atoms with Crippen LogP contribution in [0.5, 0.6) is 0 Å². The summed E-state index contributed by atoms with van der Waals surface area (Å²) in [6.07, 6.45) is 0. The van der Waals surface area contributed by atoms with Gasteiger partial charge in [-0.3, -0.25) is 0 Å². The number of hydrogen-bond donors (Lipinski definition) is 0. The van der Waals surface area contributed by atoms with E-state index in [1.807, 2.05) is 54.6 Å². The second kappa shape index (κ2) is 11.9. The van der Waals surface area contributed by atoms with Crippen LogP contribution >= 0.6 is 0 Å². The quantitative estimate of drug-likeness (QED) is 0.174. The molecule has 0 aliphatic carbocycles. The first-order valence-electron chi connectivity index (χ1n) is 17.1. The van der Waals surface area contributed by atoms with Gasteiger partial charge in [0.25, 0.3) is 0 Å². The summed E-state index contributed by atoms with van der Waals surface area (Å²) in [4.78, 5) is 15.4.